The van der Waals surface area contributed by atoms with Gasteiger partial charge >= 0.3 is 5.97 Å². The third-order valence-electron chi connectivity index (χ3n) is 3.28. The quantitative estimate of drug-likeness (QED) is 0.784. The average molecular weight is 330 g/mol. The number of fused-ring (bicyclic) bond motifs is 1. The Morgan fingerprint density at radius 3 is 2.55 bits per heavy atom. The van der Waals surface area contributed by atoms with Crippen LogP contribution in [0.3, 0.4) is 0 Å². The van der Waals surface area contributed by atoms with Crippen molar-refractivity contribution in [1.82, 2.24) is 4.57 Å². The first-order valence-electron chi connectivity index (χ1n) is 6.21. The summed E-state index contributed by atoms with van der Waals surface area (Å²) < 4.78 is 2.87. The minimum absolute atomic E-state index is 0.331. The van der Waals surface area contributed by atoms with Gasteiger partial charge in [-0.25, -0.2) is 4.79 Å². The number of aromatic carboxylic acids is 1. The van der Waals surface area contributed by atoms with E-state index in [2.05, 4.69) is 15.9 Å². The number of para-hydroxylation sites is 1. The van der Waals surface area contributed by atoms with E-state index in [0.29, 0.717) is 12.1 Å². The maximum absolute atomic E-state index is 11.4. The molecule has 1 aromatic heterocycles. The van der Waals surface area contributed by atoms with Crippen LogP contribution in [0, 0.1) is 0 Å². The van der Waals surface area contributed by atoms with Gasteiger partial charge in [-0.05, 0) is 27.6 Å². The van der Waals surface area contributed by atoms with Crippen molar-refractivity contribution in [3.8, 4) is 0 Å². The molecule has 3 nitrogen and oxygen atoms in total. The largest absolute Gasteiger partial charge is 0.478 e. The lowest BCUT2D eigenvalue weighted by Gasteiger charge is -2.06. The van der Waals surface area contributed by atoms with Gasteiger partial charge in [-0.2, -0.15) is 0 Å². The van der Waals surface area contributed by atoms with Crippen molar-refractivity contribution in [2.45, 2.75) is 6.54 Å². The standard InChI is InChI=1S/C16H12BrNO2/c17-14-8-4-7-12-13(16(19)20)10-18(15(12)14)9-11-5-2-1-3-6-11/h1-8,10H,9H2,(H,19,20). The van der Waals surface area contributed by atoms with E-state index in [-0.39, 0.29) is 0 Å². The lowest BCUT2D eigenvalue weighted by Crippen LogP contribution is -1.98. The second-order valence-electron chi connectivity index (χ2n) is 4.60. The van der Waals surface area contributed by atoms with Crippen molar-refractivity contribution < 1.29 is 9.90 Å². The third kappa shape index (κ3) is 2.23. The Morgan fingerprint density at radius 2 is 1.85 bits per heavy atom. The SMILES string of the molecule is O=C(O)c1cn(Cc2ccccc2)c2c(Br)cccc12. The Hall–Kier alpha value is -2.07. The van der Waals surface area contributed by atoms with Crippen LogP contribution in [0.2, 0.25) is 0 Å². The number of hydrogen-bond acceptors (Lipinski definition) is 1. The van der Waals surface area contributed by atoms with Crippen molar-refractivity contribution >= 4 is 32.8 Å². The summed E-state index contributed by atoms with van der Waals surface area (Å²) in [5, 5.41) is 10.1. The van der Waals surface area contributed by atoms with E-state index in [1.54, 1.807) is 6.20 Å². The van der Waals surface area contributed by atoms with Gasteiger partial charge in [0.15, 0.2) is 0 Å². The van der Waals surface area contributed by atoms with Gasteiger partial charge in [0.25, 0.3) is 0 Å². The van der Waals surface area contributed by atoms with Crippen LogP contribution in [0.1, 0.15) is 15.9 Å². The molecule has 3 rings (SSSR count). The smallest absolute Gasteiger partial charge is 0.337 e. The number of carboxylic acid groups (broad SMARTS) is 1. The summed E-state index contributed by atoms with van der Waals surface area (Å²) in [5.74, 6) is -0.903. The van der Waals surface area contributed by atoms with E-state index in [1.807, 2.05) is 53.1 Å². The highest BCUT2D eigenvalue weighted by Crippen LogP contribution is 2.29. The summed E-state index contributed by atoms with van der Waals surface area (Å²) in [6.07, 6.45) is 1.70. The van der Waals surface area contributed by atoms with Gasteiger partial charge in [0, 0.05) is 22.6 Å². The van der Waals surface area contributed by atoms with Gasteiger partial charge in [-0.15, -0.1) is 0 Å². The fourth-order valence-corrected chi connectivity index (χ4v) is 2.98. The molecule has 0 saturated carbocycles. The Bertz CT molecular complexity index is 778. The van der Waals surface area contributed by atoms with Crippen LogP contribution in [0.4, 0.5) is 0 Å². The highest BCUT2D eigenvalue weighted by Gasteiger charge is 2.15. The van der Waals surface area contributed by atoms with E-state index in [9.17, 15) is 9.90 Å². The second kappa shape index (κ2) is 5.13. The predicted molar refractivity (Wildman–Crippen MR) is 82.1 cm³/mol. The molecular formula is C16H12BrNO2. The molecule has 0 unspecified atom stereocenters. The maximum atomic E-state index is 11.4. The number of halogens is 1. The normalized spacial score (nSPS) is 10.8. The molecule has 0 saturated heterocycles. The van der Waals surface area contributed by atoms with Gasteiger partial charge in [0.05, 0.1) is 11.1 Å². The summed E-state index contributed by atoms with van der Waals surface area (Å²) in [6.45, 7) is 0.646. The summed E-state index contributed by atoms with van der Waals surface area (Å²) in [4.78, 5) is 11.4. The molecule has 0 aliphatic carbocycles. The van der Waals surface area contributed by atoms with E-state index in [4.69, 9.17) is 0 Å². The van der Waals surface area contributed by atoms with Gasteiger partial charge in [0.2, 0.25) is 0 Å². The average Bonchev–Trinajstić information content (AvgIpc) is 2.80. The van der Waals surface area contributed by atoms with Crippen molar-refractivity contribution in [2.75, 3.05) is 0 Å². The molecule has 2 aromatic carbocycles. The topological polar surface area (TPSA) is 42.2 Å². The second-order valence-corrected chi connectivity index (χ2v) is 5.45. The summed E-state index contributed by atoms with van der Waals surface area (Å²) in [6, 6.07) is 15.6. The molecule has 0 atom stereocenters. The fourth-order valence-electron chi connectivity index (χ4n) is 2.39. The molecule has 1 heterocycles. The molecule has 100 valence electrons. The monoisotopic (exact) mass is 329 g/mol. The van der Waals surface area contributed by atoms with Crippen LogP contribution in [0.5, 0.6) is 0 Å². The highest BCUT2D eigenvalue weighted by atomic mass is 79.9. The van der Waals surface area contributed by atoms with Gasteiger partial charge < -0.3 is 9.67 Å². The van der Waals surface area contributed by atoms with Crippen molar-refractivity contribution in [3.63, 3.8) is 0 Å². The number of benzene rings is 2. The van der Waals surface area contributed by atoms with E-state index < -0.39 is 5.97 Å². The molecule has 4 heteroatoms. The first-order valence-corrected chi connectivity index (χ1v) is 7.00. The Kier molecular flexibility index (Phi) is 3.32. The number of carbonyl (C=O) groups is 1. The Labute approximate surface area is 124 Å². The lowest BCUT2D eigenvalue weighted by atomic mass is 10.2. The van der Waals surface area contributed by atoms with Crippen LogP contribution < -0.4 is 0 Å². The number of aromatic nitrogens is 1. The predicted octanol–water partition coefficient (Wildman–Crippen LogP) is 4.15. The lowest BCUT2D eigenvalue weighted by molar-refractivity contribution is 0.0699. The van der Waals surface area contributed by atoms with E-state index in [1.165, 1.54) is 0 Å². The first-order chi connectivity index (χ1) is 9.66. The summed E-state index contributed by atoms with van der Waals surface area (Å²) in [7, 11) is 0. The molecule has 0 radical (unpaired) electrons. The number of carboxylic acids is 1. The molecule has 0 amide bonds. The summed E-state index contributed by atoms with van der Waals surface area (Å²) >= 11 is 3.51. The van der Waals surface area contributed by atoms with Crippen molar-refractivity contribution in [1.29, 1.82) is 0 Å². The molecule has 0 bridgehead atoms. The molecule has 0 fully saturated rings. The van der Waals surface area contributed by atoms with Crippen molar-refractivity contribution in [2.24, 2.45) is 0 Å². The minimum Gasteiger partial charge on any atom is -0.478 e. The van der Waals surface area contributed by atoms with Crippen LogP contribution >= 0.6 is 15.9 Å². The highest BCUT2D eigenvalue weighted by molar-refractivity contribution is 9.10. The fraction of sp³-hybridized carbons (Fsp3) is 0.0625. The maximum Gasteiger partial charge on any atom is 0.337 e. The molecule has 0 aliphatic rings. The number of rotatable bonds is 3. The zero-order valence-corrected chi connectivity index (χ0v) is 12.2. The van der Waals surface area contributed by atoms with E-state index >= 15 is 0 Å². The van der Waals surface area contributed by atoms with E-state index in [0.717, 1.165) is 20.9 Å². The number of nitrogens with zero attached hydrogens (tertiary/aromatic N) is 1. The molecule has 3 aromatic rings. The van der Waals surface area contributed by atoms with Crippen LogP contribution in [0.15, 0.2) is 59.2 Å². The Morgan fingerprint density at radius 1 is 1.10 bits per heavy atom. The molecular weight excluding hydrogens is 318 g/mol. The molecule has 20 heavy (non-hydrogen) atoms. The molecule has 0 spiro atoms. The zero-order chi connectivity index (χ0) is 14.1. The van der Waals surface area contributed by atoms with Crippen LogP contribution in [0.25, 0.3) is 10.9 Å². The third-order valence-corrected chi connectivity index (χ3v) is 3.92. The Balaban J connectivity index is 2.18. The minimum atomic E-state index is -0.903. The number of hydrogen-bond donors (Lipinski definition) is 1. The first kappa shape index (κ1) is 12.9. The summed E-state index contributed by atoms with van der Waals surface area (Å²) in [5.41, 5.74) is 2.38. The van der Waals surface area contributed by atoms with Crippen LogP contribution in [-0.4, -0.2) is 15.6 Å². The molecule has 1 N–H and O–H groups in total. The van der Waals surface area contributed by atoms with Gasteiger partial charge in [-0.3, -0.25) is 0 Å². The zero-order valence-electron chi connectivity index (χ0n) is 10.6. The van der Waals surface area contributed by atoms with Gasteiger partial charge in [0.1, 0.15) is 0 Å². The molecule has 0 aliphatic heterocycles. The van der Waals surface area contributed by atoms with Crippen molar-refractivity contribution in [3.05, 3.63) is 70.3 Å². The van der Waals surface area contributed by atoms with Gasteiger partial charge in [-0.1, -0.05) is 42.5 Å². The van der Waals surface area contributed by atoms with Crippen LogP contribution in [-0.2, 0) is 6.54 Å².